The van der Waals surface area contributed by atoms with E-state index in [1.165, 1.54) is 12.8 Å². The zero-order valence-corrected chi connectivity index (χ0v) is 8.87. The molecule has 0 saturated carbocycles. The molecule has 2 atom stereocenters. The summed E-state index contributed by atoms with van der Waals surface area (Å²) in [5.74, 6) is 0.652. The molecule has 0 aromatic carbocycles. The second-order valence-corrected chi connectivity index (χ2v) is 4.51. The van der Waals surface area contributed by atoms with Gasteiger partial charge in [0.25, 0.3) is 0 Å². The third kappa shape index (κ3) is 2.34. The molecule has 0 N–H and O–H groups in total. The number of hydrogen-bond acceptors (Lipinski definition) is 3. The van der Waals surface area contributed by atoms with E-state index < -0.39 is 0 Å². The van der Waals surface area contributed by atoms with Crippen LogP contribution in [0, 0.1) is 5.92 Å². The Morgan fingerprint density at radius 1 is 1.57 bits per heavy atom. The molecule has 0 amide bonds. The zero-order chi connectivity index (χ0) is 9.97. The fraction of sp³-hybridized carbons (Fsp3) is 0.909. The molecule has 2 rings (SSSR count). The Morgan fingerprint density at radius 2 is 2.43 bits per heavy atom. The average molecular weight is 197 g/mol. The molecular weight excluding hydrogens is 178 g/mol. The molecule has 0 aromatic heterocycles. The molecule has 2 heterocycles. The summed E-state index contributed by atoms with van der Waals surface area (Å²) in [6, 6.07) is 0. The van der Waals surface area contributed by atoms with Gasteiger partial charge in [0.2, 0.25) is 0 Å². The minimum absolute atomic E-state index is 0.227. The van der Waals surface area contributed by atoms with Crippen molar-refractivity contribution in [1.29, 1.82) is 0 Å². The minimum atomic E-state index is 0.227. The number of Topliss-reactive ketones (excluding diaryl/α,β-unsaturated/α-hetero) is 1. The van der Waals surface area contributed by atoms with Crippen molar-refractivity contribution in [1.82, 2.24) is 4.90 Å². The van der Waals surface area contributed by atoms with Gasteiger partial charge < -0.3 is 4.74 Å². The molecule has 0 unspecified atom stereocenters. The summed E-state index contributed by atoms with van der Waals surface area (Å²) in [6.07, 6.45) is 3.55. The fourth-order valence-electron chi connectivity index (χ4n) is 2.34. The molecule has 0 spiro atoms. The Hall–Kier alpha value is -0.410. The van der Waals surface area contributed by atoms with Crippen LogP contribution in [-0.4, -0.2) is 43.0 Å². The molecule has 14 heavy (non-hydrogen) atoms. The number of ketones is 1. The highest BCUT2D eigenvalue weighted by Gasteiger charge is 2.26. The van der Waals surface area contributed by atoms with E-state index in [-0.39, 0.29) is 5.92 Å². The first-order chi connectivity index (χ1) is 6.75. The highest BCUT2D eigenvalue weighted by atomic mass is 16.5. The van der Waals surface area contributed by atoms with Gasteiger partial charge in [-0.05, 0) is 12.8 Å². The Balaban J connectivity index is 1.78. The molecule has 80 valence electrons. The second kappa shape index (κ2) is 4.41. The summed E-state index contributed by atoms with van der Waals surface area (Å²) in [7, 11) is 0. The fourth-order valence-corrected chi connectivity index (χ4v) is 2.34. The van der Waals surface area contributed by atoms with Gasteiger partial charge >= 0.3 is 0 Å². The number of hydrogen-bond donors (Lipinski definition) is 0. The van der Waals surface area contributed by atoms with Gasteiger partial charge in [-0.1, -0.05) is 6.92 Å². The van der Waals surface area contributed by atoms with Crippen molar-refractivity contribution in [3.8, 4) is 0 Å². The topological polar surface area (TPSA) is 29.5 Å². The van der Waals surface area contributed by atoms with Gasteiger partial charge in [-0.2, -0.15) is 0 Å². The number of piperidine rings is 1. The minimum Gasteiger partial charge on any atom is -0.377 e. The SMILES string of the molecule is C[C@@H]1CN(C[C@@H]2CCCO2)CCC1=O. The summed E-state index contributed by atoms with van der Waals surface area (Å²) in [6.45, 7) is 5.84. The second-order valence-electron chi connectivity index (χ2n) is 4.51. The van der Waals surface area contributed by atoms with Gasteiger partial charge in [-0.15, -0.1) is 0 Å². The van der Waals surface area contributed by atoms with Crippen LogP contribution in [0.2, 0.25) is 0 Å². The maximum absolute atomic E-state index is 11.3. The van der Waals surface area contributed by atoms with Crippen LogP contribution >= 0.6 is 0 Å². The van der Waals surface area contributed by atoms with E-state index in [2.05, 4.69) is 4.90 Å². The van der Waals surface area contributed by atoms with Crippen molar-refractivity contribution in [2.75, 3.05) is 26.2 Å². The van der Waals surface area contributed by atoms with Gasteiger partial charge in [0.05, 0.1) is 6.10 Å². The summed E-state index contributed by atoms with van der Waals surface area (Å²) in [5.41, 5.74) is 0. The third-order valence-electron chi connectivity index (χ3n) is 3.24. The van der Waals surface area contributed by atoms with Crippen molar-refractivity contribution in [3.63, 3.8) is 0 Å². The maximum atomic E-state index is 11.3. The third-order valence-corrected chi connectivity index (χ3v) is 3.24. The number of ether oxygens (including phenoxy) is 1. The highest BCUT2D eigenvalue weighted by Crippen LogP contribution is 2.17. The van der Waals surface area contributed by atoms with E-state index in [1.54, 1.807) is 0 Å². The monoisotopic (exact) mass is 197 g/mol. The van der Waals surface area contributed by atoms with Crippen LogP contribution in [0.4, 0.5) is 0 Å². The predicted octanol–water partition coefficient (Wildman–Crippen LogP) is 1.08. The molecule has 2 saturated heterocycles. The van der Waals surface area contributed by atoms with Gasteiger partial charge in [0.1, 0.15) is 5.78 Å². The quantitative estimate of drug-likeness (QED) is 0.663. The number of rotatable bonds is 2. The van der Waals surface area contributed by atoms with Gasteiger partial charge in [0.15, 0.2) is 0 Å². The van der Waals surface area contributed by atoms with E-state index in [1.807, 2.05) is 6.92 Å². The standard InChI is InChI=1S/C11H19NO2/c1-9-7-12(5-4-11(9)13)8-10-3-2-6-14-10/h9-10H,2-8H2,1H3/t9-,10+/m1/s1. The van der Waals surface area contributed by atoms with E-state index in [0.29, 0.717) is 11.9 Å². The Morgan fingerprint density at radius 3 is 3.07 bits per heavy atom. The lowest BCUT2D eigenvalue weighted by Crippen LogP contribution is -2.43. The number of likely N-dealkylation sites (tertiary alicyclic amines) is 1. The molecule has 0 aliphatic carbocycles. The summed E-state index contributed by atoms with van der Waals surface area (Å²) < 4.78 is 5.59. The summed E-state index contributed by atoms with van der Waals surface area (Å²) in [4.78, 5) is 13.7. The largest absolute Gasteiger partial charge is 0.377 e. The normalized spacial score (nSPS) is 35.1. The molecule has 2 aliphatic rings. The van der Waals surface area contributed by atoms with Crippen LogP contribution < -0.4 is 0 Å². The van der Waals surface area contributed by atoms with E-state index in [0.717, 1.165) is 32.7 Å². The van der Waals surface area contributed by atoms with Crippen LogP contribution in [0.1, 0.15) is 26.2 Å². The highest BCUT2D eigenvalue weighted by molar-refractivity contribution is 5.81. The molecule has 0 aromatic rings. The average Bonchev–Trinajstić information content (AvgIpc) is 2.64. The van der Waals surface area contributed by atoms with Crippen molar-refractivity contribution >= 4 is 5.78 Å². The zero-order valence-electron chi connectivity index (χ0n) is 8.87. The Bertz CT molecular complexity index is 211. The van der Waals surface area contributed by atoms with Crippen molar-refractivity contribution < 1.29 is 9.53 Å². The van der Waals surface area contributed by atoms with E-state index in [4.69, 9.17) is 4.74 Å². The van der Waals surface area contributed by atoms with Gasteiger partial charge in [-0.3, -0.25) is 9.69 Å². The first-order valence-electron chi connectivity index (χ1n) is 5.62. The van der Waals surface area contributed by atoms with Crippen LogP contribution in [0.3, 0.4) is 0 Å². The Kier molecular flexibility index (Phi) is 3.19. The van der Waals surface area contributed by atoms with E-state index >= 15 is 0 Å². The molecule has 2 aliphatic heterocycles. The van der Waals surface area contributed by atoms with Crippen molar-refractivity contribution in [2.45, 2.75) is 32.3 Å². The molecule has 2 fully saturated rings. The lowest BCUT2D eigenvalue weighted by Gasteiger charge is -2.31. The first kappa shape index (κ1) is 10.1. The van der Waals surface area contributed by atoms with Crippen LogP contribution in [0.5, 0.6) is 0 Å². The van der Waals surface area contributed by atoms with E-state index in [9.17, 15) is 4.79 Å². The van der Waals surface area contributed by atoms with Gasteiger partial charge in [-0.25, -0.2) is 0 Å². The lowest BCUT2D eigenvalue weighted by atomic mass is 9.98. The first-order valence-corrected chi connectivity index (χ1v) is 5.62. The van der Waals surface area contributed by atoms with Crippen LogP contribution in [-0.2, 0) is 9.53 Å². The summed E-state index contributed by atoms with van der Waals surface area (Å²) in [5, 5.41) is 0. The van der Waals surface area contributed by atoms with Crippen LogP contribution in [0.25, 0.3) is 0 Å². The smallest absolute Gasteiger partial charge is 0.138 e. The Labute approximate surface area is 85.4 Å². The number of nitrogens with zero attached hydrogens (tertiary/aromatic N) is 1. The molecular formula is C11H19NO2. The maximum Gasteiger partial charge on any atom is 0.138 e. The molecule has 0 bridgehead atoms. The predicted molar refractivity (Wildman–Crippen MR) is 54.2 cm³/mol. The van der Waals surface area contributed by atoms with Crippen LogP contribution in [0.15, 0.2) is 0 Å². The molecule has 3 heteroatoms. The molecule has 3 nitrogen and oxygen atoms in total. The summed E-state index contributed by atoms with van der Waals surface area (Å²) >= 11 is 0. The lowest BCUT2D eigenvalue weighted by molar-refractivity contribution is -0.126. The number of carbonyl (C=O) groups excluding carboxylic acids is 1. The number of carbonyl (C=O) groups is 1. The van der Waals surface area contributed by atoms with Gasteiger partial charge in [0, 0.05) is 38.6 Å². The van der Waals surface area contributed by atoms with Crippen molar-refractivity contribution in [2.24, 2.45) is 5.92 Å². The van der Waals surface area contributed by atoms with Crippen molar-refractivity contribution in [3.05, 3.63) is 0 Å². The molecule has 0 radical (unpaired) electrons.